The highest BCUT2D eigenvalue weighted by Gasteiger charge is 2.37. The molecular weight excluding hydrogens is 308 g/mol. The first-order chi connectivity index (χ1) is 9.94. The number of halogens is 1. The lowest BCUT2D eigenvalue weighted by atomic mass is 9.74. The minimum atomic E-state index is -0.533. The second-order valence-electron chi connectivity index (χ2n) is 5.78. The first-order valence-corrected chi connectivity index (χ1v) is 7.17. The Bertz CT molecular complexity index is 527. The average molecular weight is 331 g/mol. The molecule has 1 amide bonds. The van der Waals surface area contributed by atoms with Crippen LogP contribution in [0.2, 0.25) is 0 Å². The molecule has 2 atom stereocenters. The van der Waals surface area contributed by atoms with Crippen LogP contribution in [-0.4, -0.2) is 24.5 Å². The van der Waals surface area contributed by atoms with Crippen molar-refractivity contribution in [2.75, 3.05) is 7.11 Å². The van der Waals surface area contributed by atoms with Gasteiger partial charge in [0.25, 0.3) is 0 Å². The van der Waals surface area contributed by atoms with E-state index in [1.165, 1.54) is 13.2 Å². The number of nitrogens with one attached hydrogen (secondary N) is 1. The lowest BCUT2D eigenvalue weighted by molar-refractivity contribution is -0.128. The van der Waals surface area contributed by atoms with Crippen molar-refractivity contribution in [1.29, 1.82) is 0 Å². The van der Waals surface area contributed by atoms with Crippen LogP contribution in [0.25, 0.3) is 0 Å². The van der Waals surface area contributed by atoms with E-state index in [0.29, 0.717) is 5.76 Å². The Kier molecular flexibility index (Phi) is 6.44. The molecule has 6 nitrogen and oxygen atoms in total. The van der Waals surface area contributed by atoms with Gasteiger partial charge in [0.05, 0.1) is 19.6 Å². The topological polar surface area (TPSA) is 94.6 Å². The summed E-state index contributed by atoms with van der Waals surface area (Å²) in [4.78, 5) is 23.5. The van der Waals surface area contributed by atoms with Crippen molar-refractivity contribution in [3.8, 4) is 0 Å². The summed E-state index contributed by atoms with van der Waals surface area (Å²) < 4.78 is 9.87. The van der Waals surface area contributed by atoms with Crippen molar-refractivity contribution >= 4 is 24.3 Å². The first-order valence-electron chi connectivity index (χ1n) is 7.17. The molecule has 1 fully saturated rings. The molecule has 1 aliphatic carbocycles. The van der Waals surface area contributed by atoms with E-state index in [1.807, 2.05) is 6.92 Å². The zero-order chi connectivity index (χ0) is 15.5. The van der Waals surface area contributed by atoms with Gasteiger partial charge in [-0.25, -0.2) is 4.79 Å². The fraction of sp³-hybridized carbons (Fsp3) is 0.600. The SMILES string of the molecule is COC(=O)c1ccc(CNC(=O)C2CCCCC2(C)N)o1.Cl. The summed E-state index contributed by atoms with van der Waals surface area (Å²) in [6, 6.07) is 3.18. The van der Waals surface area contributed by atoms with E-state index in [9.17, 15) is 9.59 Å². The predicted octanol–water partition coefficient (Wildman–Crippen LogP) is 2.01. The quantitative estimate of drug-likeness (QED) is 0.823. The van der Waals surface area contributed by atoms with E-state index in [1.54, 1.807) is 6.07 Å². The zero-order valence-corrected chi connectivity index (χ0v) is 13.7. The largest absolute Gasteiger partial charge is 0.463 e. The summed E-state index contributed by atoms with van der Waals surface area (Å²) in [5.74, 6) is -0.132. The monoisotopic (exact) mass is 330 g/mol. The minimum Gasteiger partial charge on any atom is -0.463 e. The summed E-state index contributed by atoms with van der Waals surface area (Å²) in [5.41, 5.74) is 5.75. The molecule has 0 bridgehead atoms. The van der Waals surface area contributed by atoms with Gasteiger partial charge in [0.2, 0.25) is 11.7 Å². The maximum absolute atomic E-state index is 12.3. The Balaban J connectivity index is 0.00000242. The van der Waals surface area contributed by atoms with Gasteiger partial charge in [-0.1, -0.05) is 12.8 Å². The maximum atomic E-state index is 12.3. The van der Waals surface area contributed by atoms with Crippen LogP contribution in [0.1, 0.15) is 48.9 Å². The van der Waals surface area contributed by atoms with Crippen LogP contribution in [-0.2, 0) is 16.1 Å². The summed E-state index contributed by atoms with van der Waals surface area (Å²) in [6.45, 7) is 2.17. The highest BCUT2D eigenvalue weighted by Crippen LogP contribution is 2.31. The molecule has 0 spiro atoms. The van der Waals surface area contributed by atoms with Crippen LogP contribution in [0, 0.1) is 5.92 Å². The van der Waals surface area contributed by atoms with Gasteiger partial charge in [0.1, 0.15) is 5.76 Å². The van der Waals surface area contributed by atoms with Crippen LogP contribution in [0.4, 0.5) is 0 Å². The van der Waals surface area contributed by atoms with E-state index in [4.69, 9.17) is 10.2 Å². The molecule has 1 aromatic heterocycles. The molecule has 1 heterocycles. The van der Waals surface area contributed by atoms with Gasteiger partial charge in [-0.15, -0.1) is 12.4 Å². The van der Waals surface area contributed by atoms with E-state index in [-0.39, 0.29) is 36.5 Å². The molecule has 2 unspecified atom stereocenters. The second kappa shape index (κ2) is 7.65. The Hall–Kier alpha value is -1.53. The van der Waals surface area contributed by atoms with Gasteiger partial charge < -0.3 is 20.2 Å². The van der Waals surface area contributed by atoms with Crippen molar-refractivity contribution in [1.82, 2.24) is 5.32 Å². The Morgan fingerprint density at radius 2 is 2.18 bits per heavy atom. The van der Waals surface area contributed by atoms with Crippen molar-refractivity contribution in [2.45, 2.75) is 44.7 Å². The first kappa shape index (κ1) is 18.5. The standard InChI is InChI=1S/C15H22N2O4.ClH/c1-15(16)8-4-3-5-11(15)13(18)17-9-10-6-7-12(21-10)14(19)20-2;/h6-7,11H,3-5,8-9,16H2,1-2H3,(H,17,18);1H. The van der Waals surface area contributed by atoms with E-state index in [0.717, 1.165) is 25.7 Å². The minimum absolute atomic E-state index is 0. The van der Waals surface area contributed by atoms with E-state index >= 15 is 0 Å². The smallest absolute Gasteiger partial charge is 0.373 e. The van der Waals surface area contributed by atoms with Gasteiger partial charge in [-0.05, 0) is 31.9 Å². The fourth-order valence-electron chi connectivity index (χ4n) is 2.77. The molecule has 0 aromatic carbocycles. The summed E-state index contributed by atoms with van der Waals surface area (Å²) in [5, 5.41) is 2.83. The summed E-state index contributed by atoms with van der Waals surface area (Å²) in [6.07, 6.45) is 3.76. The van der Waals surface area contributed by atoms with Gasteiger partial charge in [0.15, 0.2) is 0 Å². The summed E-state index contributed by atoms with van der Waals surface area (Å²) in [7, 11) is 1.29. The van der Waals surface area contributed by atoms with Gasteiger partial charge in [-0.3, -0.25) is 4.79 Å². The van der Waals surface area contributed by atoms with Gasteiger partial charge in [0, 0.05) is 5.54 Å². The van der Waals surface area contributed by atoms with Gasteiger partial charge in [-0.2, -0.15) is 0 Å². The van der Waals surface area contributed by atoms with Crippen molar-refractivity contribution < 1.29 is 18.7 Å². The van der Waals surface area contributed by atoms with Crippen LogP contribution >= 0.6 is 12.4 Å². The molecule has 1 aromatic rings. The number of furan rings is 1. The number of carbonyl (C=O) groups is 2. The molecule has 22 heavy (non-hydrogen) atoms. The highest BCUT2D eigenvalue weighted by molar-refractivity contribution is 5.86. The number of hydrogen-bond acceptors (Lipinski definition) is 5. The van der Waals surface area contributed by atoms with E-state index in [2.05, 4.69) is 10.1 Å². The van der Waals surface area contributed by atoms with Gasteiger partial charge >= 0.3 is 5.97 Å². The number of nitrogens with two attached hydrogens (primary N) is 1. The Morgan fingerprint density at radius 3 is 2.82 bits per heavy atom. The van der Waals surface area contributed by atoms with Crippen molar-refractivity contribution in [2.24, 2.45) is 11.7 Å². The fourth-order valence-corrected chi connectivity index (χ4v) is 2.77. The maximum Gasteiger partial charge on any atom is 0.373 e. The normalized spacial score (nSPS) is 24.2. The predicted molar refractivity (Wildman–Crippen MR) is 83.7 cm³/mol. The molecule has 0 saturated heterocycles. The van der Waals surface area contributed by atoms with E-state index < -0.39 is 11.5 Å². The van der Waals surface area contributed by atoms with Crippen LogP contribution in [0.5, 0.6) is 0 Å². The van der Waals surface area contributed by atoms with Crippen molar-refractivity contribution in [3.05, 3.63) is 23.7 Å². The molecule has 3 N–H and O–H groups in total. The number of rotatable bonds is 4. The molecule has 2 rings (SSSR count). The molecule has 1 aliphatic rings. The number of hydrogen-bond donors (Lipinski definition) is 2. The van der Waals surface area contributed by atoms with Crippen LogP contribution in [0.15, 0.2) is 16.5 Å². The third kappa shape index (κ3) is 4.24. The molecule has 0 aliphatic heterocycles. The number of esters is 1. The molecule has 124 valence electrons. The Labute approximate surface area is 136 Å². The van der Waals surface area contributed by atoms with Crippen LogP contribution in [0.3, 0.4) is 0 Å². The average Bonchev–Trinajstić information content (AvgIpc) is 2.92. The molecule has 0 radical (unpaired) electrons. The zero-order valence-electron chi connectivity index (χ0n) is 12.9. The number of methoxy groups -OCH3 is 1. The number of carbonyl (C=O) groups excluding carboxylic acids is 2. The van der Waals surface area contributed by atoms with Crippen molar-refractivity contribution in [3.63, 3.8) is 0 Å². The number of amides is 1. The molecular formula is C15H23ClN2O4. The third-order valence-corrected chi connectivity index (χ3v) is 4.06. The Morgan fingerprint density at radius 1 is 1.45 bits per heavy atom. The summed E-state index contributed by atoms with van der Waals surface area (Å²) >= 11 is 0. The lowest BCUT2D eigenvalue weighted by Gasteiger charge is -2.37. The second-order valence-corrected chi connectivity index (χ2v) is 5.78. The lowest BCUT2D eigenvalue weighted by Crippen LogP contribution is -2.52. The van der Waals surface area contributed by atoms with Crippen LogP contribution < -0.4 is 11.1 Å². The highest BCUT2D eigenvalue weighted by atomic mass is 35.5. The molecule has 1 saturated carbocycles. The molecule has 7 heteroatoms. The third-order valence-electron chi connectivity index (χ3n) is 4.06. The number of ether oxygens (including phenoxy) is 1.